The van der Waals surface area contributed by atoms with Gasteiger partial charge >= 0.3 is 0 Å². The zero-order chi connectivity index (χ0) is 21.7. The first-order chi connectivity index (χ1) is 14.4. The maximum atomic E-state index is 13.1. The Hall–Kier alpha value is -2.06. The number of nitrogens with zero attached hydrogens (tertiary/aromatic N) is 1. The molecule has 0 radical (unpaired) electrons. The van der Waals surface area contributed by atoms with E-state index >= 15 is 0 Å². The number of halogens is 1. The first kappa shape index (κ1) is 22.6. The van der Waals surface area contributed by atoms with Crippen molar-refractivity contribution in [3.63, 3.8) is 0 Å². The van der Waals surface area contributed by atoms with Crippen LogP contribution >= 0.6 is 15.9 Å². The summed E-state index contributed by atoms with van der Waals surface area (Å²) >= 11 is 3.35. The Balaban J connectivity index is 1.82. The molecule has 0 aliphatic heterocycles. The minimum absolute atomic E-state index is 0.0555. The van der Waals surface area contributed by atoms with Gasteiger partial charge in [0.15, 0.2) is 0 Å². The first-order valence-electron chi connectivity index (χ1n) is 10.1. The van der Waals surface area contributed by atoms with E-state index in [1.54, 1.807) is 37.4 Å². The molecule has 6 nitrogen and oxygen atoms in total. The molecule has 8 heteroatoms. The maximum absolute atomic E-state index is 13.1. The Bertz CT molecular complexity index is 1000. The number of carbonyl (C=O) groups is 1. The van der Waals surface area contributed by atoms with Gasteiger partial charge in [-0.15, -0.1) is 0 Å². The van der Waals surface area contributed by atoms with Crippen LogP contribution in [0, 0.1) is 0 Å². The van der Waals surface area contributed by atoms with Crippen molar-refractivity contribution < 1.29 is 17.9 Å². The van der Waals surface area contributed by atoms with E-state index in [1.165, 1.54) is 18.6 Å². The van der Waals surface area contributed by atoms with Gasteiger partial charge in [0.25, 0.3) is 15.9 Å². The Morgan fingerprint density at radius 2 is 1.90 bits per heavy atom. The van der Waals surface area contributed by atoms with Gasteiger partial charge in [-0.3, -0.25) is 9.52 Å². The highest BCUT2D eigenvalue weighted by Crippen LogP contribution is 2.29. The van der Waals surface area contributed by atoms with Crippen molar-refractivity contribution in [3.05, 3.63) is 52.5 Å². The second-order valence-corrected chi connectivity index (χ2v) is 9.90. The smallest absolute Gasteiger partial charge is 0.261 e. The lowest BCUT2D eigenvalue weighted by Gasteiger charge is -2.33. The van der Waals surface area contributed by atoms with Gasteiger partial charge in [-0.2, -0.15) is 0 Å². The number of benzene rings is 2. The summed E-state index contributed by atoms with van der Waals surface area (Å²) in [6, 6.07) is 11.4. The van der Waals surface area contributed by atoms with Crippen LogP contribution in [-0.4, -0.2) is 38.9 Å². The predicted octanol–water partition coefficient (Wildman–Crippen LogP) is 5.05. The topological polar surface area (TPSA) is 75.7 Å². The molecule has 1 saturated carbocycles. The fourth-order valence-corrected chi connectivity index (χ4v) is 5.50. The second-order valence-electron chi connectivity index (χ2n) is 7.37. The van der Waals surface area contributed by atoms with Crippen LogP contribution in [0.3, 0.4) is 0 Å². The molecule has 0 heterocycles. The molecule has 0 spiro atoms. The number of nitrogens with one attached hydrogen (secondary N) is 1. The molecule has 162 valence electrons. The van der Waals surface area contributed by atoms with E-state index in [2.05, 4.69) is 20.7 Å². The fraction of sp³-hybridized carbons (Fsp3) is 0.409. The molecule has 1 amide bonds. The van der Waals surface area contributed by atoms with Gasteiger partial charge in [0.2, 0.25) is 0 Å². The number of rotatable bonds is 7. The Morgan fingerprint density at radius 1 is 1.17 bits per heavy atom. The standard InChI is InChI=1S/C22H27BrN2O4S/c1-3-25(18-9-5-4-6-10-18)22(26)16-8-7-11-19(14-16)30(27,28)24-17-12-13-21(29-2)20(23)15-17/h7-8,11-15,18,24H,3-6,9-10H2,1-2H3. The van der Waals surface area contributed by atoms with Gasteiger partial charge in [-0.05, 0) is 72.1 Å². The van der Waals surface area contributed by atoms with E-state index in [0.717, 1.165) is 25.7 Å². The first-order valence-corrected chi connectivity index (χ1v) is 12.4. The summed E-state index contributed by atoms with van der Waals surface area (Å²) in [5.41, 5.74) is 0.790. The molecule has 3 rings (SSSR count). The van der Waals surface area contributed by atoms with Crippen molar-refractivity contribution in [2.75, 3.05) is 18.4 Å². The van der Waals surface area contributed by atoms with E-state index in [9.17, 15) is 13.2 Å². The number of hydrogen-bond acceptors (Lipinski definition) is 4. The SMILES string of the molecule is CCN(C(=O)c1cccc(S(=O)(=O)Nc2ccc(OC)c(Br)c2)c1)C1CCCCC1. The normalized spacial score (nSPS) is 14.9. The van der Waals surface area contributed by atoms with Gasteiger partial charge in [-0.25, -0.2) is 8.42 Å². The molecule has 2 aromatic rings. The van der Waals surface area contributed by atoms with Crippen molar-refractivity contribution in [1.82, 2.24) is 4.90 Å². The molecule has 1 aliphatic carbocycles. The van der Waals surface area contributed by atoms with Gasteiger partial charge in [-0.1, -0.05) is 25.3 Å². The summed E-state index contributed by atoms with van der Waals surface area (Å²) in [5.74, 6) is 0.488. The average molecular weight is 495 g/mol. The lowest BCUT2D eigenvalue weighted by Crippen LogP contribution is -2.41. The lowest BCUT2D eigenvalue weighted by molar-refractivity contribution is 0.0647. The van der Waals surface area contributed by atoms with Crippen molar-refractivity contribution in [3.8, 4) is 5.75 Å². The molecule has 0 bridgehead atoms. The molecule has 1 aliphatic rings. The number of sulfonamides is 1. The van der Waals surface area contributed by atoms with Gasteiger partial charge in [0.05, 0.1) is 22.2 Å². The highest BCUT2D eigenvalue weighted by molar-refractivity contribution is 9.10. The van der Waals surface area contributed by atoms with E-state index in [4.69, 9.17) is 4.74 Å². The van der Waals surface area contributed by atoms with Crippen LogP contribution in [0.5, 0.6) is 5.75 Å². The molecule has 2 aromatic carbocycles. The second kappa shape index (κ2) is 9.83. The van der Waals surface area contributed by atoms with Crippen LogP contribution in [0.15, 0.2) is 51.8 Å². The number of ether oxygens (including phenoxy) is 1. The monoisotopic (exact) mass is 494 g/mol. The molecule has 0 unspecified atom stereocenters. The quantitative estimate of drug-likeness (QED) is 0.583. The van der Waals surface area contributed by atoms with Gasteiger partial charge in [0, 0.05) is 18.2 Å². The van der Waals surface area contributed by atoms with E-state index in [1.807, 2.05) is 11.8 Å². The third-order valence-electron chi connectivity index (χ3n) is 5.41. The minimum Gasteiger partial charge on any atom is -0.496 e. The Morgan fingerprint density at radius 3 is 2.53 bits per heavy atom. The van der Waals surface area contributed by atoms with Crippen LogP contribution in [0.4, 0.5) is 5.69 Å². The van der Waals surface area contributed by atoms with E-state index in [0.29, 0.717) is 28.0 Å². The number of hydrogen-bond donors (Lipinski definition) is 1. The van der Waals surface area contributed by atoms with Crippen LogP contribution in [0.2, 0.25) is 0 Å². The highest BCUT2D eigenvalue weighted by Gasteiger charge is 2.26. The molecule has 0 atom stereocenters. The maximum Gasteiger partial charge on any atom is 0.261 e. The molecule has 0 aromatic heterocycles. The molecule has 0 saturated heterocycles. The Kier molecular flexibility index (Phi) is 7.41. The lowest BCUT2D eigenvalue weighted by atomic mass is 9.93. The number of methoxy groups -OCH3 is 1. The molecular formula is C22H27BrN2O4S. The van der Waals surface area contributed by atoms with Crippen molar-refractivity contribution >= 4 is 37.5 Å². The summed E-state index contributed by atoms with van der Waals surface area (Å²) in [5, 5.41) is 0. The largest absolute Gasteiger partial charge is 0.496 e. The minimum atomic E-state index is -3.85. The zero-order valence-electron chi connectivity index (χ0n) is 17.2. The highest BCUT2D eigenvalue weighted by atomic mass is 79.9. The average Bonchev–Trinajstić information content (AvgIpc) is 2.75. The predicted molar refractivity (Wildman–Crippen MR) is 122 cm³/mol. The van der Waals surface area contributed by atoms with Crippen molar-refractivity contribution in [2.24, 2.45) is 0 Å². The van der Waals surface area contributed by atoms with Crippen LogP contribution in [-0.2, 0) is 10.0 Å². The summed E-state index contributed by atoms with van der Waals surface area (Å²) in [4.78, 5) is 15.0. The van der Waals surface area contributed by atoms with Crippen molar-refractivity contribution in [2.45, 2.75) is 50.0 Å². The van der Waals surface area contributed by atoms with E-state index in [-0.39, 0.29) is 16.8 Å². The molecule has 30 heavy (non-hydrogen) atoms. The van der Waals surface area contributed by atoms with Crippen LogP contribution in [0.25, 0.3) is 0 Å². The van der Waals surface area contributed by atoms with Gasteiger partial charge in [0.1, 0.15) is 5.75 Å². The molecular weight excluding hydrogens is 468 g/mol. The van der Waals surface area contributed by atoms with Crippen LogP contribution in [0.1, 0.15) is 49.4 Å². The summed E-state index contributed by atoms with van der Waals surface area (Å²) in [6.45, 7) is 2.58. The fourth-order valence-electron chi connectivity index (χ4n) is 3.87. The van der Waals surface area contributed by atoms with Crippen molar-refractivity contribution in [1.29, 1.82) is 0 Å². The Labute approximate surface area is 186 Å². The van der Waals surface area contributed by atoms with Gasteiger partial charge < -0.3 is 9.64 Å². The number of carbonyl (C=O) groups excluding carboxylic acids is 1. The third kappa shape index (κ3) is 5.16. The summed E-state index contributed by atoms with van der Waals surface area (Å²) in [7, 11) is -2.30. The number of anilines is 1. The molecule has 1 N–H and O–H groups in total. The third-order valence-corrected chi connectivity index (χ3v) is 7.41. The summed E-state index contributed by atoms with van der Waals surface area (Å²) in [6.07, 6.45) is 5.48. The van der Waals surface area contributed by atoms with E-state index < -0.39 is 10.0 Å². The summed E-state index contributed by atoms with van der Waals surface area (Å²) < 4.78 is 34.2. The zero-order valence-corrected chi connectivity index (χ0v) is 19.6. The van der Waals surface area contributed by atoms with Crippen LogP contribution < -0.4 is 9.46 Å². The number of amides is 1. The molecule has 1 fully saturated rings.